The summed E-state index contributed by atoms with van der Waals surface area (Å²) in [6.45, 7) is 2.93. The van der Waals surface area contributed by atoms with Crippen molar-refractivity contribution in [3.63, 3.8) is 0 Å². The molecule has 0 spiro atoms. The van der Waals surface area contributed by atoms with E-state index in [1.54, 1.807) is 0 Å². The highest BCUT2D eigenvalue weighted by Gasteiger charge is 2.28. The predicted octanol–water partition coefficient (Wildman–Crippen LogP) is 1.24. The number of carbonyl (C=O) groups is 1. The summed E-state index contributed by atoms with van der Waals surface area (Å²) in [5, 5.41) is 22.0. The minimum Gasteiger partial charge on any atom is -0.491 e. The Bertz CT molecular complexity index is 461. The Kier molecular flexibility index (Phi) is 4.39. The summed E-state index contributed by atoms with van der Waals surface area (Å²) in [6, 6.07) is 5.54. The van der Waals surface area contributed by atoms with Gasteiger partial charge in [0.15, 0.2) is 0 Å². The van der Waals surface area contributed by atoms with E-state index in [2.05, 4.69) is 5.32 Å². The zero-order valence-electron chi connectivity index (χ0n) is 10.9. The quantitative estimate of drug-likeness (QED) is 0.698. The average molecular weight is 265 g/mol. The van der Waals surface area contributed by atoms with E-state index in [-0.39, 0.29) is 12.5 Å². The summed E-state index contributed by atoms with van der Waals surface area (Å²) in [7, 11) is 0. The topological polar surface area (TPSA) is 78.8 Å². The van der Waals surface area contributed by atoms with Gasteiger partial charge in [0.25, 0.3) is 0 Å². The van der Waals surface area contributed by atoms with Gasteiger partial charge in [-0.15, -0.1) is 0 Å². The number of aliphatic hydroxyl groups excluding tert-OH is 1. The van der Waals surface area contributed by atoms with Gasteiger partial charge in [-0.1, -0.05) is 12.1 Å². The average Bonchev–Trinajstić information content (AvgIpc) is 2.36. The van der Waals surface area contributed by atoms with Gasteiger partial charge in [0.05, 0.1) is 6.04 Å². The summed E-state index contributed by atoms with van der Waals surface area (Å²) in [4.78, 5) is 10.4. The van der Waals surface area contributed by atoms with Gasteiger partial charge in [-0.3, -0.25) is 4.79 Å². The second-order valence-corrected chi connectivity index (χ2v) is 4.86. The van der Waals surface area contributed by atoms with Crippen LogP contribution in [0.15, 0.2) is 18.2 Å². The SMILES string of the molecule is Cc1ccc2c(c1)OCC(NCCCC(=O)O)C2O. The minimum atomic E-state index is -0.803. The molecule has 2 unspecified atom stereocenters. The van der Waals surface area contributed by atoms with Gasteiger partial charge in [-0.05, 0) is 31.5 Å². The van der Waals surface area contributed by atoms with E-state index in [0.717, 1.165) is 16.9 Å². The molecule has 0 bridgehead atoms. The molecule has 5 nitrogen and oxygen atoms in total. The number of benzene rings is 1. The molecule has 1 aliphatic rings. The van der Waals surface area contributed by atoms with Crippen LogP contribution in [-0.4, -0.2) is 35.4 Å². The lowest BCUT2D eigenvalue weighted by Gasteiger charge is -2.31. The maximum atomic E-state index is 10.4. The van der Waals surface area contributed by atoms with Crippen molar-refractivity contribution in [2.45, 2.75) is 31.9 Å². The van der Waals surface area contributed by atoms with Gasteiger partial charge in [-0.2, -0.15) is 0 Å². The van der Waals surface area contributed by atoms with Crippen molar-refractivity contribution in [1.82, 2.24) is 5.32 Å². The van der Waals surface area contributed by atoms with Crippen molar-refractivity contribution in [2.24, 2.45) is 0 Å². The fourth-order valence-electron chi connectivity index (χ4n) is 2.20. The van der Waals surface area contributed by atoms with Crippen LogP contribution in [0.25, 0.3) is 0 Å². The predicted molar refractivity (Wildman–Crippen MR) is 70.3 cm³/mol. The fourth-order valence-corrected chi connectivity index (χ4v) is 2.20. The van der Waals surface area contributed by atoms with Crippen LogP contribution in [0.2, 0.25) is 0 Å². The molecule has 0 saturated carbocycles. The van der Waals surface area contributed by atoms with E-state index in [1.165, 1.54) is 0 Å². The number of ether oxygens (including phenoxy) is 1. The first-order chi connectivity index (χ1) is 9.08. The van der Waals surface area contributed by atoms with Crippen LogP contribution in [0.3, 0.4) is 0 Å². The number of aliphatic hydroxyl groups is 1. The molecular formula is C14H19NO4. The van der Waals surface area contributed by atoms with E-state index in [9.17, 15) is 9.90 Å². The number of carboxylic acid groups (broad SMARTS) is 1. The zero-order chi connectivity index (χ0) is 13.8. The van der Waals surface area contributed by atoms with Gasteiger partial charge in [-0.25, -0.2) is 0 Å². The number of aliphatic carboxylic acids is 1. The van der Waals surface area contributed by atoms with E-state index in [1.807, 2.05) is 25.1 Å². The molecule has 0 fully saturated rings. The second-order valence-electron chi connectivity index (χ2n) is 4.86. The Labute approximate surface area is 112 Å². The molecular weight excluding hydrogens is 246 g/mol. The number of rotatable bonds is 5. The summed E-state index contributed by atoms with van der Waals surface area (Å²) in [6.07, 6.45) is 0.0559. The number of fused-ring (bicyclic) bond motifs is 1. The summed E-state index contributed by atoms with van der Waals surface area (Å²) in [5.74, 6) is -0.0702. The highest BCUT2D eigenvalue weighted by Crippen LogP contribution is 2.32. The van der Waals surface area contributed by atoms with Gasteiger partial charge >= 0.3 is 5.97 Å². The van der Waals surface area contributed by atoms with Crippen molar-refractivity contribution >= 4 is 5.97 Å². The lowest BCUT2D eigenvalue weighted by Crippen LogP contribution is -2.43. The molecule has 0 saturated heterocycles. The van der Waals surface area contributed by atoms with Gasteiger partial charge in [0, 0.05) is 12.0 Å². The molecule has 1 aromatic carbocycles. The number of aryl methyl sites for hydroxylation is 1. The maximum Gasteiger partial charge on any atom is 0.303 e. The summed E-state index contributed by atoms with van der Waals surface area (Å²) in [5.41, 5.74) is 1.88. The van der Waals surface area contributed by atoms with Gasteiger partial charge in [0.1, 0.15) is 18.5 Å². The van der Waals surface area contributed by atoms with Gasteiger partial charge < -0.3 is 20.3 Å². The van der Waals surface area contributed by atoms with E-state index < -0.39 is 12.1 Å². The van der Waals surface area contributed by atoms with Crippen molar-refractivity contribution in [3.8, 4) is 5.75 Å². The number of nitrogens with one attached hydrogen (secondary N) is 1. The maximum absolute atomic E-state index is 10.4. The summed E-state index contributed by atoms with van der Waals surface area (Å²) < 4.78 is 5.63. The molecule has 19 heavy (non-hydrogen) atoms. The van der Waals surface area contributed by atoms with E-state index >= 15 is 0 Å². The molecule has 1 aliphatic heterocycles. The third kappa shape index (κ3) is 3.45. The second kappa shape index (κ2) is 6.04. The largest absolute Gasteiger partial charge is 0.491 e. The van der Waals surface area contributed by atoms with Crippen LogP contribution < -0.4 is 10.1 Å². The minimum absolute atomic E-state index is 0.131. The molecule has 5 heteroatoms. The van der Waals surface area contributed by atoms with Gasteiger partial charge in [0.2, 0.25) is 0 Å². The lowest BCUT2D eigenvalue weighted by atomic mass is 9.98. The first-order valence-electron chi connectivity index (χ1n) is 6.44. The number of hydrogen-bond donors (Lipinski definition) is 3. The van der Waals surface area contributed by atoms with E-state index in [4.69, 9.17) is 9.84 Å². The molecule has 3 N–H and O–H groups in total. The van der Waals surface area contributed by atoms with Crippen LogP contribution in [0.4, 0.5) is 0 Å². The Morgan fingerprint density at radius 2 is 2.32 bits per heavy atom. The highest BCUT2D eigenvalue weighted by atomic mass is 16.5. The van der Waals surface area contributed by atoms with Crippen LogP contribution in [0.5, 0.6) is 5.75 Å². The molecule has 1 aromatic rings. The third-order valence-electron chi connectivity index (χ3n) is 3.26. The molecule has 0 amide bonds. The smallest absolute Gasteiger partial charge is 0.303 e. The van der Waals surface area contributed by atoms with Crippen molar-refractivity contribution in [3.05, 3.63) is 29.3 Å². The Morgan fingerprint density at radius 1 is 1.53 bits per heavy atom. The number of carboxylic acids is 1. The van der Waals surface area contributed by atoms with E-state index in [0.29, 0.717) is 19.6 Å². The Hall–Kier alpha value is -1.59. The van der Waals surface area contributed by atoms with Crippen LogP contribution in [-0.2, 0) is 4.79 Å². The first-order valence-corrected chi connectivity index (χ1v) is 6.44. The lowest BCUT2D eigenvalue weighted by molar-refractivity contribution is -0.137. The molecule has 0 radical (unpaired) electrons. The Balaban J connectivity index is 1.92. The summed E-state index contributed by atoms with van der Waals surface area (Å²) >= 11 is 0. The zero-order valence-corrected chi connectivity index (χ0v) is 10.9. The fraction of sp³-hybridized carbons (Fsp3) is 0.500. The third-order valence-corrected chi connectivity index (χ3v) is 3.26. The molecule has 0 aromatic heterocycles. The molecule has 2 rings (SSSR count). The van der Waals surface area contributed by atoms with Crippen molar-refractivity contribution in [2.75, 3.05) is 13.2 Å². The first kappa shape index (κ1) is 13.8. The molecule has 1 heterocycles. The Morgan fingerprint density at radius 3 is 3.05 bits per heavy atom. The molecule has 2 atom stereocenters. The van der Waals surface area contributed by atoms with Crippen LogP contribution in [0, 0.1) is 6.92 Å². The normalized spacial score (nSPS) is 21.6. The molecule has 0 aliphatic carbocycles. The monoisotopic (exact) mass is 265 g/mol. The molecule has 104 valence electrons. The van der Waals surface area contributed by atoms with Crippen LogP contribution in [0.1, 0.15) is 30.1 Å². The number of hydrogen-bond acceptors (Lipinski definition) is 4. The standard InChI is InChI=1S/C14H19NO4/c1-9-4-5-10-12(7-9)19-8-11(14(10)18)15-6-2-3-13(16)17/h4-5,7,11,14-15,18H,2-3,6,8H2,1H3,(H,16,17). The van der Waals surface area contributed by atoms with Crippen LogP contribution >= 0.6 is 0 Å². The highest BCUT2D eigenvalue weighted by molar-refractivity contribution is 5.66. The van der Waals surface area contributed by atoms with Crippen molar-refractivity contribution in [1.29, 1.82) is 0 Å². The van der Waals surface area contributed by atoms with Crippen molar-refractivity contribution < 1.29 is 19.7 Å².